The second kappa shape index (κ2) is 8.48. The quantitative estimate of drug-likeness (QED) is 0.619. The van der Waals surface area contributed by atoms with Crippen LogP contribution in [0.2, 0.25) is 5.02 Å². The third kappa shape index (κ3) is 4.82. The van der Waals surface area contributed by atoms with E-state index >= 15 is 0 Å². The molecule has 0 aromatic heterocycles. The zero-order chi connectivity index (χ0) is 18.4. The summed E-state index contributed by atoms with van der Waals surface area (Å²) in [4.78, 5) is 12.0. The fraction of sp³-hybridized carbons (Fsp3) is 0.0455. The van der Waals surface area contributed by atoms with E-state index in [1.165, 1.54) is 6.08 Å². The van der Waals surface area contributed by atoms with Gasteiger partial charge in [0.05, 0.1) is 0 Å². The van der Waals surface area contributed by atoms with Gasteiger partial charge in [0.15, 0.2) is 0 Å². The van der Waals surface area contributed by atoms with Crippen LogP contribution in [-0.4, -0.2) is 5.91 Å². The van der Waals surface area contributed by atoms with Crippen molar-refractivity contribution >= 4 is 29.3 Å². The van der Waals surface area contributed by atoms with Crippen LogP contribution in [0.15, 0.2) is 78.9 Å². The lowest BCUT2D eigenvalue weighted by molar-refractivity contribution is -0.111. The lowest BCUT2D eigenvalue weighted by Gasteiger charge is -2.04. The summed E-state index contributed by atoms with van der Waals surface area (Å²) in [6.07, 6.45) is 3.31. The van der Waals surface area contributed by atoms with E-state index in [2.05, 4.69) is 5.32 Å². The second-order valence-corrected chi connectivity index (χ2v) is 6.29. The fourth-order valence-corrected chi connectivity index (χ4v) is 2.64. The van der Waals surface area contributed by atoms with Crippen molar-refractivity contribution in [2.45, 2.75) is 6.54 Å². The molecule has 0 aliphatic carbocycles. The molecule has 0 unspecified atom stereocenters. The number of benzene rings is 3. The van der Waals surface area contributed by atoms with Gasteiger partial charge < -0.3 is 11.1 Å². The number of carbonyl (C=O) groups excluding carboxylic acids is 1. The van der Waals surface area contributed by atoms with Gasteiger partial charge in [-0.1, -0.05) is 60.1 Å². The largest absolute Gasteiger partial charge is 0.326 e. The molecule has 3 N–H and O–H groups in total. The van der Waals surface area contributed by atoms with E-state index in [1.54, 1.807) is 6.08 Å². The molecule has 3 aromatic carbocycles. The molecule has 3 nitrogen and oxygen atoms in total. The number of hydrogen-bond donors (Lipinski definition) is 2. The molecule has 3 rings (SSSR count). The standard InChI is InChI=1S/C22H19ClN2O/c23-20-10-8-19(9-11-20)18-6-1-16(2-7-18)5-14-22(26)25-21-12-3-17(15-24)4-13-21/h1-14H,15,24H2,(H,25,26)/b14-5+. The van der Waals surface area contributed by atoms with Crippen LogP contribution in [0.4, 0.5) is 5.69 Å². The number of hydrogen-bond acceptors (Lipinski definition) is 2. The van der Waals surface area contributed by atoms with Gasteiger partial charge in [-0.15, -0.1) is 0 Å². The van der Waals surface area contributed by atoms with Gasteiger partial charge in [-0.05, 0) is 52.6 Å². The number of halogens is 1. The lowest BCUT2D eigenvalue weighted by Crippen LogP contribution is -2.07. The maximum atomic E-state index is 12.0. The van der Waals surface area contributed by atoms with E-state index in [4.69, 9.17) is 17.3 Å². The van der Waals surface area contributed by atoms with Crippen molar-refractivity contribution in [3.63, 3.8) is 0 Å². The van der Waals surface area contributed by atoms with Crippen LogP contribution in [0.1, 0.15) is 11.1 Å². The van der Waals surface area contributed by atoms with E-state index in [9.17, 15) is 4.79 Å². The number of anilines is 1. The SMILES string of the molecule is NCc1ccc(NC(=O)/C=C/c2ccc(-c3ccc(Cl)cc3)cc2)cc1. The van der Waals surface area contributed by atoms with Gasteiger partial charge in [0.25, 0.3) is 0 Å². The average Bonchev–Trinajstić information content (AvgIpc) is 2.68. The van der Waals surface area contributed by atoms with E-state index in [1.807, 2.05) is 72.8 Å². The van der Waals surface area contributed by atoms with Crippen LogP contribution in [-0.2, 0) is 11.3 Å². The molecule has 0 spiro atoms. The molecule has 26 heavy (non-hydrogen) atoms. The van der Waals surface area contributed by atoms with Gasteiger partial charge in [0.2, 0.25) is 5.91 Å². The van der Waals surface area contributed by atoms with Gasteiger partial charge >= 0.3 is 0 Å². The van der Waals surface area contributed by atoms with E-state index in [-0.39, 0.29) is 5.91 Å². The molecular formula is C22H19ClN2O. The minimum absolute atomic E-state index is 0.174. The molecule has 0 aliphatic rings. The highest BCUT2D eigenvalue weighted by atomic mass is 35.5. The van der Waals surface area contributed by atoms with E-state index < -0.39 is 0 Å². The first-order valence-electron chi connectivity index (χ1n) is 8.28. The summed E-state index contributed by atoms with van der Waals surface area (Å²) in [6, 6.07) is 23.2. The van der Waals surface area contributed by atoms with Crippen molar-refractivity contribution < 1.29 is 4.79 Å². The van der Waals surface area contributed by atoms with Crippen LogP contribution in [0.25, 0.3) is 17.2 Å². The molecule has 0 saturated carbocycles. The number of amides is 1. The molecule has 0 atom stereocenters. The van der Waals surface area contributed by atoms with Crippen molar-refractivity contribution in [1.82, 2.24) is 0 Å². The maximum absolute atomic E-state index is 12.0. The Hall–Kier alpha value is -2.88. The summed E-state index contributed by atoms with van der Waals surface area (Å²) in [5, 5.41) is 3.55. The topological polar surface area (TPSA) is 55.1 Å². The number of nitrogens with one attached hydrogen (secondary N) is 1. The number of nitrogens with two attached hydrogens (primary N) is 1. The first-order valence-corrected chi connectivity index (χ1v) is 8.66. The molecule has 0 saturated heterocycles. The molecule has 0 aliphatic heterocycles. The molecule has 0 bridgehead atoms. The molecular weight excluding hydrogens is 344 g/mol. The Morgan fingerprint density at radius 2 is 1.46 bits per heavy atom. The van der Waals surface area contributed by atoms with Crippen molar-refractivity contribution in [1.29, 1.82) is 0 Å². The van der Waals surface area contributed by atoms with Crippen molar-refractivity contribution in [3.8, 4) is 11.1 Å². The molecule has 0 radical (unpaired) electrons. The highest BCUT2D eigenvalue weighted by Crippen LogP contribution is 2.22. The van der Waals surface area contributed by atoms with Crippen molar-refractivity contribution in [3.05, 3.63) is 95.0 Å². The second-order valence-electron chi connectivity index (χ2n) is 5.85. The van der Waals surface area contributed by atoms with Crippen LogP contribution in [0.5, 0.6) is 0 Å². The van der Waals surface area contributed by atoms with Gasteiger partial charge in [0.1, 0.15) is 0 Å². The first-order chi connectivity index (χ1) is 12.6. The Morgan fingerprint density at radius 1 is 0.885 bits per heavy atom. The molecule has 4 heteroatoms. The van der Waals surface area contributed by atoms with Crippen LogP contribution in [0.3, 0.4) is 0 Å². The average molecular weight is 363 g/mol. The first kappa shape index (κ1) is 17.9. The maximum Gasteiger partial charge on any atom is 0.248 e. The smallest absolute Gasteiger partial charge is 0.248 e. The summed E-state index contributed by atoms with van der Waals surface area (Å²) in [7, 11) is 0. The zero-order valence-corrected chi connectivity index (χ0v) is 14.9. The van der Waals surface area contributed by atoms with Gasteiger partial charge in [-0.2, -0.15) is 0 Å². The van der Waals surface area contributed by atoms with Crippen molar-refractivity contribution in [2.24, 2.45) is 5.73 Å². The number of carbonyl (C=O) groups is 1. The van der Waals surface area contributed by atoms with Crippen LogP contribution >= 0.6 is 11.6 Å². The summed E-state index contributed by atoms with van der Waals surface area (Å²) in [5.41, 5.74) is 10.5. The minimum Gasteiger partial charge on any atom is -0.326 e. The fourth-order valence-electron chi connectivity index (χ4n) is 2.51. The molecule has 3 aromatic rings. The Morgan fingerprint density at radius 3 is 2.04 bits per heavy atom. The van der Waals surface area contributed by atoms with Crippen LogP contribution < -0.4 is 11.1 Å². The van der Waals surface area contributed by atoms with E-state index in [0.717, 1.165) is 33.0 Å². The third-order valence-electron chi connectivity index (χ3n) is 3.97. The molecule has 1 amide bonds. The predicted octanol–water partition coefficient (Wildman–Crippen LogP) is 5.12. The van der Waals surface area contributed by atoms with E-state index in [0.29, 0.717) is 6.54 Å². The zero-order valence-electron chi connectivity index (χ0n) is 14.2. The monoisotopic (exact) mass is 362 g/mol. The summed E-state index contributed by atoms with van der Waals surface area (Å²) in [5.74, 6) is -0.174. The molecule has 130 valence electrons. The highest BCUT2D eigenvalue weighted by molar-refractivity contribution is 6.30. The highest BCUT2D eigenvalue weighted by Gasteiger charge is 2.00. The normalized spacial score (nSPS) is 10.8. The Kier molecular flexibility index (Phi) is 5.84. The summed E-state index contributed by atoms with van der Waals surface area (Å²) >= 11 is 5.92. The number of rotatable bonds is 5. The third-order valence-corrected chi connectivity index (χ3v) is 4.22. The molecule has 0 heterocycles. The van der Waals surface area contributed by atoms with Gasteiger partial charge in [-0.3, -0.25) is 4.79 Å². The predicted molar refractivity (Wildman–Crippen MR) is 109 cm³/mol. The molecule has 0 fully saturated rings. The van der Waals surface area contributed by atoms with Gasteiger partial charge in [-0.25, -0.2) is 0 Å². The Labute approximate surface area is 158 Å². The Balaban J connectivity index is 1.62. The minimum atomic E-state index is -0.174. The van der Waals surface area contributed by atoms with Gasteiger partial charge in [0, 0.05) is 23.3 Å². The Bertz CT molecular complexity index is 898. The van der Waals surface area contributed by atoms with Crippen molar-refractivity contribution in [2.75, 3.05) is 5.32 Å². The summed E-state index contributed by atoms with van der Waals surface area (Å²) in [6.45, 7) is 0.486. The lowest BCUT2D eigenvalue weighted by atomic mass is 10.0. The summed E-state index contributed by atoms with van der Waals surface area (Å²) < 4.78 is 0. The van der Waals surface area contributed by atoms with Crippen LogP contribution in [0, 0.1) is 0 Å².